The van der Waals surface area contributed by atoms with Crippen molar-refractivity contribution in [1.29, 1.82) is 0 Å². The van der Waals surface area contributed by atoms with Gasteiger partial charge in [0, 0.05) is 11.4 Å². The Bertz CT molecular complexity index is 112. The normalized spacial score (nSPS) is 18.2. The molecule has 0 rings (SSSR count). The first-order valence-electron chi connectivity index (χ1n) is 3.37. The van der Waals surface area contributed by atoms with Crippen LogP contribution in [0.25, 0.3) is 0 Å². The largest absolute Gasteiger partial charge is 0.598 e. The van der Waals surface area contributed by atoms with Gasteiger partial charge < -0.3 is 4.55 Å². The van der Waals surface area contributed by atoms with Crippen LogP contribution in [0.1, 0.15) is 20.8 Å². The van der Waals surface area contributed by atoms with Gasteiger partial charge >= 0.3 is 0 Å². The second-order valence-corrected chi connectivity index (χ2v) is 4.06. The Kier molecular flexibility index (Phi) is 4.77. The lowest BCUT2D eigenvalue weighted by atomic mass is 10.2. The van der Waals surface area contributed by atoms with Gasteiger partial charge in [0.2, 0.25) is 0 Å². The molecule has 0 bridgehead atoms. The van der Waals surface area contributed by atoms with Crippen LogP contribution < -0.4 is 5.14 Å². The van der Waals surface area contributed by atoms with Crippen LogP contribution in [0.5, 0.6) is 0 Å². The van der Waals surface area contributed by atoms with E-state index >= 15 is 0 Å². The first-order chi connectivity index (χ1) is 4.54. The third kappa shape index (κ3) is 4.85. The molecule has 0 heterocycles. The van der Waals surface area contributed by atoms with E-state index in [1.807, 2.05) is 19.1 Å². The molecule has 0 aromatic carbocycles. The Hall–Kier alpha value is 0.01000. The van der Waals surface area contributed by atoms with Gasteiger partial charge in [0.05, 0.1) is 0 Å². The zero-order valence-corrected chi connectivity index (χ0v) is 7.52. The SMILES string of the molecule is CC(C)C=CC(C)[S+](N)[O-]. The highest BCUT2D eigenvalue weighted by molar-refractivity contribution is 7.89. The van der Waals surface area contributed by atoms with Crippen molar-refractivity contribution in [2.45, 2.75) is 26.0 Å². The van der Waals surface area contributed by atoms with E-state index < -0.39 is 11.4 Å². The average Bonchev–Trinajstić information content (AvgIpc) is 1.82. The molecule has 3 heteroatoms. The third-order valence-electron chi connectivity index (χ3n) is 1.13. The maximum atomic E-state index is 10.6. The lowest BCUT2D eigenvalue weighted by molar-refractivity contribution is 0.591. The van der Waals surface area contributed by atoms with E-state index in [2.05, 4.69) is 13.8 Å². The number of hydrogen-bond acceptors (Lipinski definition) is 2. The number of nitrogens with two attached hydrogens (primary N) is 1. The van der Waals surface area contributed by atoms with Crippen molar-refractivity contribution >= 4 is 11.4 Å². The van der Waals surface area contributed by atoms with Crippen molar-refractivity contribution in [3.63, 3.8) is 0 Å². The molecular formula is C7H15NOS. The Balaban J connectivity index is 3.66. The molecule has 2 N–H and O–H groups in total. The van der Waals surface area contributed by atoms with Crippen LogP contribution in [0.2, 0.25) is 0 Å². The van der Waals surface area contributed by atoms with Crippen molar-refractivity contribution in [2.75, 3.05) is 0 Å². The van der Waals surface area contributed by atoms with Crippen molar-refractivity contribution in [1.82, 2.24) is 0 Å². The average molecular weight is 161 g/mol. The summed E-state index contributed by atoms with van der Waals surface area (Å²) < 4.78 is 10.6. The molecule has 0 spiro atoms. The summed E-state index contributed by atoms with van der Waals surface area (Å²) in [6.07, 6.45) is 3.90. The quantitative estimate of drug-likeness (QED) is 0.499. The van der Waals surface area contributed by atoms with Crippen LogP contribution in [0, 0.1) is 5.92 Å². The van der Waals surface area contributed by atoms with Crippen LogP contribution in [-0.4, -0.2) is 9.80 Å². The molecule has 0 aromatic heterocycles. The van der Waals surface area contributed by atoms with Crippen LogP contribution in [-0.2, 0) is 11.4 Å². The third-order valence-corrected chi connectivity index (χ3v) is 2.02. The van der Waals surface area contributed by atoms with Gasteiger partial charge in [-0.1, -0.05) is 19.9 Å². The minimum atomic E-state index is -1.21. The molecule has 2 unspecified atom stereocenters. The summed E-state index contributed by atoms with van der Waals surface area (Å²) in [5, 5.41) is 5.12. The zero-order chi connectivity index (χ0) is 8.15. The van der Waals surface area contributed by atoms with Gasteiger partial charge in [-0.05, 0) is 18.9 Å². The van der Waals surface area contributed by atoms with Gasteiger partial charge in [-0.15, -0.1) is 0 Å². The molecule has 2 atom stereocenters. The van der Waals surface area contributed by atoms with Gasteiger partial charge in [0.1, 0.15) is 0 Å². The van der Waals surface area contributed by atoms with E-state index in [0.29, 0.717) is 5.92 Å². The second kappa shape index (κ2) is 4.77. The summed E-state index contributed by atoms with van der Waals surface area (Å²) in [7, 11) is 0. The molecule has 2 nitrogen and oxygen atoms in total. The number of rotatable bonds is 3. The van der Waals surface area contributed by atoms with Gasteiger partial charge in [-0.25, -0.2) is 0 Å². The standard InChI is InChI=1S/C7H15NOS/c1-6(2)4-5-7(3)10(8)9/h4-7H,8H2,1-3H3. The van der Waals surface area contributed by atoms with Crippen molar-refractivity contribution in [3.05, 3.63) is 12.2 Å². The van der Waals surface area contributed by atoms with Crippen molar-refractivity contribution in [2.24, 2.45) is 11.1 Å². The van der Waals surface area contributed by atoms with E-state index in [1.165, 1.54) is 0 Å². The molecule has 0 aromatic rings. The molecule has 0 radical (unpaired) electrons. The summed E-state index contributed by atoms with van der Waals surface area (Å²) in [6, 6.07) is 0. The predicted octanol–water partition coefficient (Wildman–Crippen LogP) is 1.21. The predicted molar refractivity (Wildman–Crippen MR) is 45.8 cm³/mol. The summed E-state index contributed by atoms with van der Waals surface area (Å²) in [6.45, 7) is 5.99. The van der Waals surface area contributed by atoms with E-state index in [9.17, 15) is 4.55 Å². The highest BCUT2D eigenvalue weighted by Gasteiger charge is 2.06. The maximum absolute atomic E-state index is 10.6. The summed E-state index contributed by atoms with van der Waals surface area (Å²) in [5.41, 5.74) is 0. The van der Waals surface area contributed by atoms with Crippen molar-refractivity contribution < 1.29 is 4.55 Å². The highest BCUT2D eigenvalue weighted by atomic mass is 32.2. The minimum Gasteiger partial charge on any atom is -0.598 e. The summed E-state index contributed by atoms with van der Waals surface area (Å²) in [4.78, 5) is 0. The lowest BCUT2D eigenvalue weighted by Gasteiger charge is -2.07. The smallest absolute Gasteiger partial charge is 0.150 e. The molecular weight excluding hydrogens is 146 g/mol. The summed E-state index contributed by atoms with van der Waals surface area (Å²) in [5.74, 6) is 0.506. The topological polar surface area (TPSA) is 49.1 Å². The number of hydrogen-bond donors (Lipinski definition) is 1. The minimum absolute atomic E-state index is 0.0256. The first kappa shape index (κ1) is 10.0. The van der Waals surface area contributed by atoms with Gasteiger partial charge in [-0.3, -0.25) is 0 Å². The van der Waals surface area contributed by atoms with Crippen LogP contribution in [0.15, 0.2) is 12.2 Å². The fourth-order valence-corrected chi connectivity index (χ4v) is 0.702. The van der Waals surface area contributed by atoms with Crippen LogP contribution >= 0.6 is 0 Å². The van der Waals surface area contributed by atoms with E-state index in [1.54, 1.807) is 0 Å². The number of allylic oxidation sites excluding steroid dienone is 1. The molecule has 0 aliphatic carbocycles. The fourth-order valence-electron chi connectivity index (χ4n) is 0.456. The van der Waals surface area contributed by atoms with Gasteiger partial charge in [0.25, 0.3) is 0 Å². The lowest BCUT2D eigenvalue weighted by Crippen LogP contribution is -2.23. The molecule has 0 fully saturated rings. The molecule has 0 amide bonds. The van der Waals surface area contributed by atoms with Crippen LogP contribution in [0.3, 0.4) is 0 Å². The zero-order valence-electron chi connectivity index (χ0n) is 6.70. The molecule has 0 aliphatic heterocycles. The molecule has 0 aliphatic rings. The summed E-state index contributed by atoms with van der Waals surface area (Å²) >= 11 is -1.21. The van der Waals surface area contributed by atoms with Gasteiger partial charge in [0.15, 0.2) is 5.25 Å². The Morgan fingerprint density at radius 3 is 2.10 bits per heavy atom. The molecule has 0 saturated heterocycles. The van der Waals surface area contributed by atoms with Gasteiger partial charge in [-0.2, -0.15) is 5.14 Å². The molecule has 10 heavy (non-hydrogen) atoms. The van der Waals surface area contributed by atoms with Crippen LogP contribution in [0.4, 0.5) is 0 Å². The Morgan fingerprint density at radius 2 is 1.80 bits per heavy atom. The van der Waals surface area contributed by atoms with Crippen molar-refractivity contribution in [3.8, 4) is 0 Å². The molecule has 60 valence electrons. The fraction of sp³-hybridized carbons (Fsp3) is 0.714. The van der Waals surface area contributed by atoms with E-state index in [0.717, 1.165) is 0 Å². The van der Waals surface area contributed by atoms with E-state index in [-0.39, 0.29) is 5.25 Å². The Labute approximate surface area is 65.8 Å². The monoisotopic (exact) mass is 161 g/mol. The molecule has 0 saturated carbocycles. The second-order valence-electron chi connectivity index (χ2n) is 2.66. The van der Waals surface area contributed by atoms with E-state index in [4.69, 9.17) is 5.14 Å². The Morgan fingerprint density at radius 1 is 1.30 bits per heavy atom. The highest BCUT2D eigenvalue weighted by Crippen LogP contribution is 2.00. The first-order valence-corrected chi connectivity index (χ1v) is 4.65. The maximum Gasteiger partial charge on any atom is 0.150 e.